The van der Waals surface area contributed by atoms with Gasteiger partial charge in [-0.15, -0.1) is 4.72 Å². The van der Waals surface area contributed by atoms with Crippen LogP contribution in [0.15, 0.2) is 18.2 Å². The van der Waals surface area contributed by atoms with Gasteiger partial charge in [0.05, 0.1) is 6.04 Å². The third kappa shape index (κ3) is 4.39. The average Bonchev–Trinajstić information content (AvgIpc) is 2.37. The Bertz CT molecular complexity index is 489. The highest BCUT2D eigenvalue weighted by atomic mass is 32.2. The second kappa shape index (κ2) is 6.60. The van der Waals surface area contributed by atoms with E-state index in [0.29, 0.717) is 11.1 Å². The maximum atomic E-state index is 13.7. The molecule has 0 heterocycles. The maximum absolute atomic E-state index is 13.7. The lowest BCUT2D eigenvalue weighted by molar-refractivity contribution is -0.0561. The van der Waals surface area contributed by atoms with Crippen LogP contribution in [0.2, 0.25) is 0 Å². The van der Waals surface area contributed by atoms with Gasteiger partial charge in [-0.1, -0.05) is 18.2 Å². The Morgan fingerprint density at radius 2 is 1.90 bits per heavy atom. The van der Waals surface area contributed by atoms with Crippen molar-refractivity contribution in [2.45, 2.75) is 51.3 Å². The molecular weight excluding hydrogens is 296 g/mol. The number of nitrogens with one attached hydrogen (secondary N) is 1. The first kappa shape index (κ1) is 18.4. The molecule has 6 heteroatoms. The summed E-state index contributed by atoms with van der Waals surface area (Å²) in [5.41, 5.74) is 0.860. The van der Waals surface area contributed by atoms with Gasteiger partial charge in [0.25, 0.3) is 5.92 Å². The summed E-state index contributed by atoms with van der Waals surface area (Å²) in [6.07, 6.45) is 0. The molecule has 2 N–H and O–H groups in total. The first-order valence-electron chi connectivity index (χ1n) is 6.77. The number of halogens is 2. The molecule has 0 aliphatic carbocycles. The molecule has 3 nitrogen and oxygen atoms in total. The van der Waals surface area contributed by atoms with Gasteiger partial charge in [0.2, 0.25) is 0 Å². The quantitative estimate of drug-likeness (QED) is 0.820. The van der Waals surface area contributed by atoms with E-state index >= 15 is 0 Å². The van der Waals surface area contributed by atoms with Crippen molar-refractivity contribution in [3.05, 3.63) is 34.9 Å². The molecule has 0 aliphatic heterocycles. The van der Waals surface area contributed by atoms with Gasteiger partial charge in [-0.05, 0) is 45.7 Å². The van der Waals surface area contributed by atoms with Crippen LogP contribution >= 0.6 is 0 Å². The average molecular weight is 319 g/mol. The topological polar surface area (TPSA) is 55.3 Å². The monoisotopic (exact) mass is 319 g/mol. The summed E-state index contributed by atoms with van der Waals surface area (Å²) in [6.45, 7) is 7.66. The summed E-state index contributed by atoms with van der Waals surface area (Å²) in [4.78, 5) is 0. The lowest BCUT2D eigenvalue weighted by atomic mass is 9.95. The fourth-order valence-electron chi connectivity index (χ4n) is 2.00. The van der Waals surface area contributed by atoms with E-state index in [2.05, 4.69) is 4.72 Å². The van der Waals surface area contributed by atoms with E-state index in [9.17, 15) is 13.3 Å². The van der Waals surface area contributed by atoms with Crippen molar-refractivity contribution < 1.29 is 18.4 Å². The first-order chi connectivity index (χ1) is 9.50. The molecule has 0 aliphatic rings. The number of rotatable bonds is 5. The predicted molar refractivity (Wildman–Crippen MR) is 81.6 cm³/mol. The van der Waals surface area contributed by atoms with Crippen LogP contribution in [0.5, 0.6) is 0 Å². The van der Waals surface area contributed by atoms with Gasteiger partial charge in [-0.2, -0.15) is 8.78 Å². The van der Waals surface area contributed by atoms with Crippen LogP contribution in [-0.4, -0.2) is 21.0 Å². The number of hydrogen-bond acceptors (Lipinski definition) is 3. The molecule has 1 aromatic rings. The predicted octanol–water partition coefficient (Wildman–Crippen LogP) is 3.19. The highest BCUT2D eigenvalue weighted by Gasteiger charge is 2.34. The maximum Gasteiger partial charge on any atom is 0.296 e. The molecular formula is C15H23F2NO2S. The van der Waals surface area contributed by atoms with Crippen LogP contribution in [0.25, 0.3) is 0 Å². The third-order valence-corrected chi connectivity index (χ3v) is 4.95. The number of hydrogen-bond donors (Lipinski definition) is 2. The number of alkyl halides is 2. The molecule has 0 saturated carbocycles. The van der Waals surface area contributed by atoms with Crippen molar-refractivity contribution in [2.75, 3.05) is 6.61 Å². The minimum atomic E-state index is -3.27. The molecule has 0 fully saturated rings. The Morgan fingerprint density at radius 3 is 2.38 bits per heavy atom. The second-order valence-electron chi connectivity index (χ2n) is 6.10. The second-order valence-corrected chi connectivity index (χ2v) is 8.10. The molecule has 21 heavy (non-hydrogen) atoms. The van der Waals surface area contributed by atoms with E-state index in [0.717, 1.165) is 0 Å². The van der Waals surface area contributed by atoms with E-state index in [-0.39, 0.29) is 11.6 Å². The van der Waals surface area contributed by atoms with Crippen molar-refractivity contribution in [2.24, 2.45) is 0 Å². The van der Waals surface area contributed by atoms with Crippen molar-refractivity contribution in [1.29, 1.82) is 0 Å². The summed E-state index contributed by atoms with van der Waals surface area (Å²) in [7, 11) is 0. The summed E-state index contributed by atoms with van der Waals surface area (Å²) in [5.74, 6) is -3.27. The van der Waals surface area contributed by atoms with Crippen LogP contribution < -0.4 is 4.72 Å². The molecule has 1 aromatic carbocycles. The van der Waals surface area contributed by atoms with Gasteiger partial charge in [-0.3, -0.25) is 0 Å². The fraction of sp³-hybridized carbons (Fsp3) is 0.600. The van der Waals surface area contributed by atoms with Crippen LogP contribution in [0.1, 0.15) is 50.4 Å². The van der Waals surface area contributed by atoms with Crippen molar-refractivity contribution in [1.82, 2.24) is 4.72 Å². The normalized spacial score (nSPS) is 15.9. The Kier molecular flexibility index (Phi) is 5.77. The minimum Gasteiger partial charge on any atom is -0.598 e. The van der Waals surface area contributed by atoms with Gasteiger partial charge in [0, 0.05) is 16.9 Å². The Morgan fingerprint density at radius 1 is 1.33 bits per heavy atom. The zero-order valence-electron chi connectivity index (χ0n) is 13.0. The molecule has 1 rings (SSSR count). The lowest BCUT2D eigenvalue weighted by Crippen LogP contribution is -2.40. The largest absolute Gasteiger partial charge is 0.598 e. The van der Waals surface area contributed by atoms with Gasteiger partial charge in [0.15, 0.2) is 0 Å². The zero-order valence-corrected chi connectivity index (χ0v) is 13.9. The van der Waals surface area contributed by atoms with Crippen molar-refractivity contribution >= 4 is 11.4 Å². The highest BCUT2D eigenvalue weighted by molar-refractivity contribution is 7.90. The molecule has 1 unspecified atom stereocenters. The fourth-order valence-corrected chi connectivity index (χ4v) is 2.81. The van der Waals surface area contributed by atoms with Crippen molar-refractivity contribution in [3.63, 3.8) is 0 Å². The smallest absolute Gasteiger partial charge is 0.296 e. The Labute approximate surface area is 128 Å². The molecule has 0 aromatic heterocycles. The molecule has 0 bridgehead atoms. The van der Waals surface area contributed by atoms with Gasteiger partial charge >= 0.3 is 0 Å². The van der Waals surface area contributed by atoms with Crippen molar-refractivity contribution in [3.8, 4) is 0 Å². The van der Waals surface area contributed by atoms with E-state index in [1.54, 1.807) is 19.9 Å². The van der Waals surface area contributed by atoms with Gasteiger partial charge < -0.3 is 9.66 Å². The van der Waals surface area contributed by atoms with E-state index in [1.165, 1.54) is 12.1 Å². The summed E-state index contributed by atoms with van der Waals surface area (Å²) >= 11 is -1.29. The van der Waals surface area contributed by atoms with Crippen LogP contribution in [-0.2, 0) is 17.3 Å². The molecule has 0 spiro atoms. The molecule has 2 atom stereocenters. The summed E-state index contributed by atoms with van der Waals surface area (Å²) < 4.78 is 42.0. The van der Waals surface area contributed by atoms with E-state index in [4.69, 9.17) is 5.11 Å². The number of aliphatic hydroxyl groups excluding tert-OH is 1. The molecule has 120 valence electrons. The Balaban J connectivity index is 3.07. The van der Waals surface area contributed by atoms with Crippen LogP contribution in [0, 0.1) is 6.92 Å². The molecule has 0 amide bonds. The summed E-state index contributed by atoms with van der Waals surface area (Å²) in [6, 6.07) is 4.23. The lowest BCUT2D eigenvalue weighted by Gasteiger charge is -2.28. The van der Waals surface area contributed by atoms with E-state index in [1.807, 2.05) is 20.8 Å². The van der Waals surface area contributed by atoms with Gasteiger partial charge in [-0.25, -0.2) is 0 Å². The standard InChI is InChI=1S/C15H23F2NO2S/c1-10-12(11(2)18-21(20)14(3,4)5)7-6-8-13(10)15(16,17)9-19/h6-8,11,18-19H,9H2,1-5H3/t11?,21-/m1/s1. The van der Waals surface area contributed by atoms with Gasteiger partial charge in [0.1, 0.15) is 11.4 Å². The highest BCUT2D eigenvalue weighted by Crippen LogP contribution is 2.33. The number of benzene rings is 1. The Hall–Kier alpha value is -0.690. The molecule has 0 saturated heterocycles. The van der Waals surface area contributed by atoms with Crippen LogP contribution in [0.3, 0.4) is 0 Å². The minimum absolute atomic E-state index is 0.197. The molecule has 0 radical (unpaired) electrons. The van der Waals surface area contributed by atoms with Crippen LogP contribution in [0.4, 0.5) is 8.78 Å². The summed E-state index contributed by atoms with van der Waals surface area (Å²) in [5, 5.41) is 8.84. The third-order valence-electron chi connectivity index (χ3n) is 3.27. The number of aliphatic hydroxyl groups is 1. The first-order valence-corrected chi connectivity index (χ1v) is 7.92. The SMILES string of the molecule is Cc1c(C(C)N[S@+]([O-])C(C)(C)C)cccc1C(F)(F)CO. The zero-order chi connectivity index (χ0) is 16.4. The van der Waals surface area contributed by atoms with E-state index < -0.39 is 28.6 Å².